The maximum Gasteiger partial charge on any atom is 0.264 e. The molecule has 0 spiro atoms. The van der Waals surface area contributed by atoms with E-state index in [9.17, 15) is 23.6 Å². The molecule has 2 aliphatic heterocycles. The number of hydrogen-bond acceptors (Lipinski definition) is 8. The summed E-state index contributed by atoms with van der Waals surface area (Å²) in [6.07, 6.45) is 2.39. The number of benzene rings is 1. The van der Waals surface area contributed by atoms with Crippen LogP contribution in [-0.4, -0.2) is 59.5 Å². The third kappa shape index (κ3) is 6.51. The molecule has 3 atom stereocenters. The molecule has 13 heteroatoms. The molecule has 0 radical (unpaired) electrons. The molecule has 1 saturated heterocycles. The maximum atomic E-state index is 16.0. The lowest BCUT2D eigenvalue weighted by molar-refractivity contribution is 0.101. The van der Waals surface area contributed by atoms with Crippen LogP contribution in [0, 0.1) is 17.1 Å². The average Bonchev–Trinajstić information content (AvgIpc) is 3.33. The van der Waals surface area contributed by atoms with Crippen LogP contribution in [0.15, 0.2) is 41.5 Å². The molecule has 9 nitrogen and oxygen atoms in total. The number of halogens is 3. The summed E-state index contributed by atoms with van der Waals surface area (Å²) in [4.78, 5) is 36.5. The van der Waals surface area contributed by atoms with Crippen LogP contribution in [0.5, 0.6) is 0 Å². The fraction of sp³-hybridized carbons (Fsp3) is 0.400. The van der Waals surface area contributed by atoms with E-state index in [0.717, 1.165) is 6.20 Å². The van der Waals surface area contributed by atoms with Crippen molar-refractivity contribution in [1.82, 2.24) is 20.2 Å². The molecule has 43 heavy (non-hydrogen) atoms. The molecule has 1 fully saturated rings. The van der Waals surface area contributed by atoms with Gasteiger partial charge in [0.25, 0.3) is 12.3 Å². The third-order valence-corrected chi connectivity index (χ3v) is 9.11. The number of aromatic nitrogens is 2. The van der Waals surface area contributed by atoms with E-state index in [1.807, 2.05) is 18.0 Å². The van der Waals surface area contributed by atoms with Gasteiger partial charge < -0.3 is 20.5 Å². The van der Waals surface area contributed by atoms with Crippen LogP contribution < -0.4 is 21.1 Å². The minimum atomic E-state index is -3.04. The number of anilines is 2. The molecule has 0 bridgehead atoms. The van der Waals surface area contributed by atoms with E-state index in [4.69, 9.17) is 0 Å². The molecule has 4 heterocycles. The van der Waals surface area contributed by atoms with Crippen LogP contribution in [0.3, 0.4) is 0 Å². The Bertz CT molecular complexity index is 1640. The summed E-state index contributed by atoms with van der Waals surface area (Å²) in [5.74, 6) is -1.32. The van der Waals surface area contributed by atoms with Gasteiger partial charge in [0.2, 0.25) is 5.56 Å². The van der Waals surface area contributed by atoms with Crippen LogP contribution in [0.2, 0.25) is 0 Å². The number of piperazine rings is 1. The molecule has 1 aromatic carbocycles. The Morgan fingerprint density at radius 2 is 1.98 bits per heavy atom. The number of carbonyl (C=O) groups is 1. The number of rotatable bonds is 6. The van der Waals surface area contributed by atoms with Gasteiger partial charge in [-0.15, -0.1) is 11.3 Å². The number of H-pyrrole nitrogens is 1. The Balaban J connectivity index is 1.55. The highest BCUT2D eigenvalue weighted by Crippen LogP contribution is 2.38. The number of nitriles is 1. The van der Waals surface area contributed by atoms with Gasteiger partial charge in [-0.05, 0) is 58.0 Å². The van der Waals surface area contributed by atoms with Gasteiger partial charge in [-0.2, -0.15) is 5.26 Å². The summed E-state index contributed by atoms with van der Waals surface area (Å²) in [5, 5.41) is 16.1. The van der Waals surface area contributed by atoms with Gasteiger partial charge in [0.05, 0.1) is 29.2 Å². The number of alkyl halides is 2. The van der Waals surface area contributed by atoms with E-state index in [1.54, 1.807) is 6.07 Å². The van der Waals surface area contributed by atoms with Crippen LogP contribution in [0.25, 0.3) is 5.57 Å². The average molecular weight is 612 g/mol. The topological polar surface area (TPSA) is 117 Å². The fourth-order valence-electron chi connectivity index (χ4n) is 5.60. The zero-order valence-electron chi connectivity index (χ0n) is 24.0. The van der Waals surface area contributed by atoms with Gasteiger partial charge in [0, 0.05) is 48.6 Å². The zero-order valence-corrected chi connectivity index (χ0v) is 24.8. The van der Waals surface area contributed by atoms with Crippen LogP contribution in [-0.2, 0) is 0 Å². The van der Waals surface area contributed by atoms with Crippen molar-refractivity contribution in [3.63, 3.8) is 0 Å². The smallest absolute Gasteiger partial charge is 0.264 e. The van der Waals surface area contributed by atoms with Crippen molar-refractivity contribution < 1.29 is 18.0 Å². The van der Waals surface area contributed by atoms with Crippen molar-refractivity contribution in [3.8, 4) is 6.07 Å². The molecular weight excluding hydrogens is 579 g/mol. The molecular formula is C30H32F3N7O2S. The zero-order chi connectivity index (χ0) is 30.8. The highest BCUT2D eigenvalue weighted by molar-refractivity contribution is 7.12. The summed E-state index contributed by atoms with van der Waals surface area (Å²) in [6.45, 7) is 5.85. The fourth-order valence-corrected chi connectivity index (χ4v) is 6.39. The SMILES string of the molecule is C[C@@H]1CN(c2cc(F)c(C3=CCCNC(c4ncc(C#N)s4)C3)cc2NC(=O)c2c[nH]c(=O)cc2C(F)F)C[C@H](C)N1C. The molecule has 2 aliphatic rings. The Morgan fingerprint density at radius 1 is 1.23 bits per heavy atom. The standard InChI is InChI=1S/C30H32F3N7O2S/c1-16-14-40(15-17(2)39(16)3)26-10-23(31)20(18-5-4-6-35-25(7-18)30-37-12-19(11-34)43-30)8-24(26)38-29(42)22-13-36-27(41)9-21(22)28(32)33/h5,8-10,12-13,16-17,25,28,35H,4,6-7,14-15H2,1-3H3,(H,36,41)(H,38,42)/t16-,17+,25?. The molecule has 226 valence electrons. The predicted molar refractivity (Wildman–Crippen MR) is 160 cm³/mol. The van der Waals surface area contributed by atoms with Gasteiger partial charge in [0.1, 0.15) is 21.8 Å². The molecule has 5 rings (SSSR count). The number of hydrogen-bond donors (Lipinski definition) is 3. The molecule has 3 N–H and O–H groups in total. The first-order valence-electron chi connectivity index (χ1n) is 14.0. The predicted octanol–water partition coefficient (Wildman–Crippen LogP) is 5.07. The van der Waals surface area contributed by atoms with Gasteiger partial charge in [0.15, 0.2) is 0 Å². The highest BCUT2D eigenvalue weighted by atomic mass is 32.1. The summed E-state index contributed by atoms with van der Waals surface area (Å²) in [5.41, 5.74) is -0.132. The van der Waals surface area contributed by atoms with E-state index in [2.05, 4.69) is 45.4 Å². The summed E-state index contributed by atoms with van der Waals surface area (Å²) < 4.78 is 43.6. The van der Waals surface area contributed by atoms with Gasteiger partial charge in [-0.25, -0.2) is 18.2 Å². The van der Waals surface area contributed by atoms with Crippen molar-refractivity contribution in [2.75, 3.05) is 36.9 Å². The van der Waals surface area contributed by atoms with Gasteiger partial charge >= 0.3 is 0 Å². The number of nitrogens with one attached hydrogen (secondary N) is 3. The second kappa shape index (κ2) is 12.7. The number of amides is 1. The van der Waals surface area contributed by atoms with Crippen LogP contribution in [0.1, 0.15) is 70.5 Å². The van der Waals surface area contributed by atoms with E-state index < -0.39 is 29.3 Å². The Labute approximate surface area is 251 Å². The second-order valence-corrected chi connectivity index (χ2v) is 12.0. The normalized spacial score (nSPS) is 21.3. The first-order valence-corrected chi connectivity index (χ1v) is 14.8. The van der Waals surface area contributed by atoms with E-state index in [1.165, 1.54) is 23.6 Å². The first-order chi connectivity index (χ1) is 20.5. The monoisotopic (exact) mass is 611 g/mol. The van der Waals surface area contributed by atoms with Crippen molar-refractivity contribution in [2.45, 2.75) is 51.2 Å². The number of thiazole rings is 1. The number of aromatic amines is 1. The highest BCUT2D eigenvalue weighted by Gasteiger charge is 2.30. The quantitative estimate of drug-likeness (QED) is 0.356. The number of nitrogens with zero attached hydrogens (tertiary/aromatic N) is 4. The number of pyridine rings is 1. The molecule has 2 aromatic heterocycles. The Hall–Kier alpha value is -3.99. The Kier molecular flexibility index (Phi) is 9.00. The van der Waals surface area contributed by atoms with Crippen molar-refractivity contribution in [3.05, 3.63) is 79.4 Å². The van der Waals surface area contributed by atoms with Gasteiger partial charge in [-0.1, -0.05) is 6.08 Å². The summed E-state index contributed by atoms with van der Waals surface area (Å²) in [7, 11) is 2.02. The number of carbonyl (C=O) groups excluding carboxylic acids is 1. The molecule has 1 unspecified atom stereocenters. The molecule has 0 saturated carbocycles. The second-order valence-electron chi connectivity index (χ2n) is 10.9. The lowest BCUT2D eigenvalue weighted by Gasteiger charge is -2.44. The van der Waals surface area contributed by atoms with E-state index in [0.29, 0.717) is 59.7 Å². The Morgan fingerprint density at radius 3 is 2.65 bits per heavy atom. The minimum absolute atomic E-state index is 0.132. The maximum absolute atomic E-state index is 16.0. The third-order valence-electron chi connectivity index (χ3n) is 8.10. The lowest BCUT2D eigenvalue weighted by Crippen LogP contribution is -2.55. The lowest BCUT2D eigenvalue weighted by atomic mass is 9.96. The molecule has 0 aliphatic carbocycles. The van der Waals surface area contributed by atoms with Crippen LogP contribution in [0.4, 0.5) is 24.5 Å². The van der Waals surface area contributed by atoms with Crippen molar-refractivity contribution in [2.24, 2.45) is 0 Å². The number of likely N-dealkylation sites (N-methyl/N-ethyl adjacent to an activating group) is 1. The molecule has 3 aromatic rings. The van der Waals surface area contributed by atoms with Crippen LogP contribution >= 0.6 is 11.3 Å². The summed E-state index contributed by atoms with van der Waals surface area (Å²) >= 11 is 1.28. The summed E-state index contributed by atoms with van der Waals surface area (Å²) in [6, 6.07) is 5.77. The molecule has 1 amide bonds. The minimum Gasteiger partial charge on any atom is -0.367 e. The first kappa shape index (κ1) is 30.5. The van der Waals surface area contributed by atoms with Crippen molar-refractivity contribution in [1.29, 1.82) is 5.26 Å². The van der Waals surface area contributed by atoms with Crippen molar-refractivity contribution >= 4 is 34.2 Å². The largest absolute Gasteiger partial charge is 0.367 e. The van der Waals surface area contributed by atoms with E-state index in [-0.39, 0.29) is 34.9 Å². The van der Waals surface area contributed by atoms with Gasteiger partial charge in [-0.3, -0.25) is 14.5 Å². The van der Waals surface area contributed by atoms with E-state index >= 15 is 4.39 Å².